The lowest BCUT2D eigenvalue weighted by Gasteiger charge is -2.15. The largest absolute Gasteiger partial charge is 0.465 e. The fourth-order valence-electron chi connectivity index (χ4n) is 2.23. The van der Waals surface area contributed by atoms with E-state index in [1.54, 1.807) is 0 Å². The van der Waals surface area contributed by atoms with E-state index in [0.29, 0.717) is 0 Å². The minimum atomic E-state index is 0.797. The van der Waals surface area contributed by atoms with Crippen LogP contribution in [0.5, 0.6) is 0 Å². The Balaban J connectivity index is 1.93. The highest BCUT2D eigenvalue weighted by Crippen LogP contribution is 2.17. The van der Waals surface area contributed by atoms with Crippen LogP contribution in [0, 0.1) is 6.92 Å². The van der Waals surface area contributed by atoms with Crippen molar-refractivity contribution in [2.75, 3.05) is 13.6 Å². The van der Waals surface area contributed by atoms with Crippen LogP contribution in [0.2, 0.25) is 0 Å². The molecule has 2 heterocycles. The van der Waals surface area contributed by atoms with E-state index < -0.39 is 0 Å². The van der Waals surface area contributed by atoms with Gasteiger partial charge in [0.1, 0.15) is 11.5 Å². The second-order valence-corrected chi connectivity index (χ2v) is 5.10. The SMILES string of the molecule is CCNCc1cc(CN(C)Cc2ccncc2)c(C)o1. The molecule has 0 unspecified atom stereocenters. The first kappa shape index (κ1) is 14.8. The summed E-state index contributed by atoms with van der Waals surface area (Å²) in [4.78, 5) is 6.32. The van der Waals surface area contributed by atoms with Crippen molar-refractivity contribution in [3.63, 3.8) is 0 Å². The molecule has 0 saturated heterocycles. The molecular weight excluding hydrogens is 250 g/mol. The zero-order valence-electron chi connectivity index (χ0n) is 12.5. The molecule has 2 aromatic heterocycles. The molecular formula is C16H23N3O. The lowest BCUT2D eigenvalue weighted by Crippen LogP contribution is -2.17. The Morgan fingerprint density at radius 1 is 1.25 bits per heavy atom. The molecule has 4 nitrogen and oxygen atoms in total. The first-order chi connectivity index (χ1) is 9.69. The van der Waals surface area contributed by atoms with E-state index in [1.807, 2.05) is 19.3 Å². The van der Waals surface area contributed by atoms with E-state index in [-0.39, 0.29) is 0 Å². The number of nitrogens with zero attached hydrogens (tertiary/aromatic N) is 2. The van der Waals surface area contributed by atoms with Crippen LogP contribution in [0.4, 0.5) is 0 Å². The van der Waals surface area contributed by atoms with E-state index in [4.69, 9.17) is 4.42 Å². The first-order valence-electron chi connectivity index (χ1n) is 7.05. The molecule has 0 amide bonds. The Morgan fingerprint density at radius 3 is 2.70 bits per heavy atom. The van der Waals surface area contributed by atoms with E-state index in [9.17, 15) is 0 Å². The van der Waals surface area contributed by atoms with E-state index in [0.717, 1.165) is 37.7 Å². The fraction of sp³-hybridized carbons (Fsp3) is 0.438. The van der Waals surface area contributed by atoms with Crippen molar-refractivity contribution in [3.8, 4) is 0 Å². The molecule has 20 heavy (non-hydrogen) atoms. The lowest BCUT2D eigenvalue weighted by atomic mass is 10.2. The molecule has 0 aliphatic rings. The topological polar surface area (TPSA) is 41.3 Å². The van der Waals surface area contributed by atoms with Crippen molar-refractivity contribution in [1.82, 2.24) is 15.2 Å². The molecule has 0 saturated carbocycles. The summed E-state index contributed by atoms with van der Waals surface area (Å²) in [5.74, 6) is 2.02. The molecule has 1 N–H and O–H groups in total. The molecule has 0 spiro atoms. The van der Waals surface area contributed by atoms with E-state index >= 15 is 0 Å². The molecule has 0 atom stereocenters. The average molecular weight is 273 g/mol. The van der Waals surface area contributed by atoms with Gasteiger partial charge in [0.05, 0.1) is 6.54 Å². The highest BCUT2D eigenvalue weighted by atomic mass is 16.3. The third kappa shape index (κ3) is 4.18. The van der Waals surface area contributed by atoms with Crippen LogP contribution in [0.3, 0.4) is 0 Å². The van der Waals surface area contributed by atoms with Gasteiger partial charge in [-0.25, -0.2) is 0 Å². The van der Waals surface area contributed by atoms with Gasteiger partial charge >= 0.3 is 0 Å². The molecule has 0 aromatic carbocycles. The quantitative estimate of drug-likeness (QED) is 0.842. The van der Waals surface area contributed by atoms with Gasteiger partial charge in [0.15, 0.2) is 0 Å². The molecule has 0 bridgehead atoms. The maximum Gasteiger partial charge on any atom is 0.118 e. The Morgan fingerprint density at radius 2 is 2.00 bits per heavy atom. The third-order valence-electron chi connectivity index (χ3n) is 3.26. The number of hydrogen-bond donors (Lipinski definition) is 1. The number of pyridine rings is 1. The summed E-state index contributed by atoms with van der Waals surface area (Å²) in [6, 6.07) is 6.26. The zero-order chi connectivity index (χ0) is 14.4. The summed E-state index contributed by atoms with van der Waals surface area (Å²) in [6.07, 6.45) is 3.67. The Hall–Kier alpha value is -1.65. The number of aryl methyl sites for hydroxylation is 1. The summed E-state index contributed by atoms with van der Waals surface area (Å²) < 4.78 is 5.77. The molecule has 108 valence electrons. The van der Waals surface area contributed by atoms with Crippen LogP contribution in [0.25, 0.3) is 0 Å². The van der Waals surface area contributed by atoms with Crippen LogP contribution >= 0.6 is 0 Å². The summed E-state index contributed by atoms with van der Waals surface area (Å²) in [5.41, 5.74) is 2.53. The predicted molar refractivity (Wildman–Crippen MR) is 80.2 cm³/mol. The minimum Gasteiger partial charge on any atom is -0.465 e. The van der Waals surface area contributed by atoms with E-state index in [1.165, 1.54) is 11.1 Å². The standard InChI is InChI=1S/C16H23N3O/c1-4-17-10-16-9-15(13(2)20-16)12-19(3)11-14-5-7-18-8-6-14/h5-9,17H,4,10-12H2,1-3H3. The Bertz CT molecular complexity index is 522. The van der Waals surface area contributed by atoms with Crippen LogP contribution in [0.1, 0.15) is 29.6 Å². The van der Waals surface area contributed by atoms with Crippen LogP contribution in [-0.4, -0.2) is 23.5 Å². The average Bonchev–Trinajstić information content (AvgIpc) is 2.78. The molecule has 0 aliphatic heterocycles. The monoisotopic (exact) mass is 273 g/mol. The molecule has 0 radical (unpaired) electrons. The third-order valence-corrected chi connectivity index (χ3v) is 3.26. The number of hydrogen-bond acceptors (Lipinski definition) is 4. The second-order valence-electron chi connectivity index (χ2n) is 5.10. The van der Waals surface area contributed by atoms with Gasteiger partial charge in [-0.15, -0.1) is 0 Å². The number of aromatic nitrogens is 1. The van der Waals surface area contributed by atoms with Gasteiger partial charge in [0, 0.05) is 31.0 Å². The summed E-state index contributed by atoms with van der Waals surface area (Å²) >= 11 is 0. The second kappa shape index (κ2) is 7.22. The molecule has 4 heteroatoms. The van der Waals surface area contributed by atoms with Crippen molar-refractivity contribution in [1.29, 1.82) is 0 Å². The van der Waals surface area contributed by atoms with Crippen molar-refractivity contribution >= 4 is 0 Å². The molecule has 2 rings (SSSR count). The van der Waals surface area contributed by atoms with Gasteiger partial charge in [0.25, 0.3) is 0 Å². The van der Waals surface area contributed by atoms with Gasteiger partial charge in [-0.3, -0.25) is 9.88 Å². The van der Waals surface area contributed by atoms with Crippen molar-refractivity contribution in [3.05, 3.63) is 53.2 Å². The molecule has 2 aromatic rings. The van der Waals surface area contributed by atoms with Crippen LogP contribution < -0.4 is 5.32 Å². The van der Waals surface area contributed by atoms with Gasteiger partial charge in [-0.2, -0.15) is 0 Å². The Kier molecular flexibility index (Phi) is 5.32. The van der Waals surface area contributed by atoms with Crippen molar-refractivity contribution in [2.45, 2.75) is 33.5 Å². The highest BCUT2D eigenvalue weighted by molar-refractivity contribution is 5.21. The molecule has 0 fully saturated rings. The Labute approximate surface area is 120 Å². The summed E-state index contributed by atoms with van der Waals surface area (Å²) in [7, 11) is 2.12. The van der Waals surface area contributed by atoms with Crippen LogP contribution in [0.15, 0.2) is 35.0 Å². The van der Waals surface area contributed by atoms with Gasteiger partial charge in [0.2, 0.25) is 0 Å². The van der Waals surface area contributed by atoms with Crippen molar-refractivity contribution < 1.29 is 4.42 Å². The zero-order valence-corrected chi connectivity index (χ0v) is 12.5. The normalized spacial score (nSPS) is 11.2. The van der Waals surface area contributed by atoms with Crippen molar-refractivity contribution in [2.24, 2.45) is 0 Å². The highest BCUT2D eigenvalue weighted by Gasteiger charge is 2.09. The first-order valence-corrected chi connectivity index (χ1v) is 7.05. The predicted octanol–water partition coefficient (Wildman–Crippen LogP) is 2.72. The van der Waals surface area contributed by atoms with Crippen LogP contribution in [-0.2, 0) is 19.6 Å². The lowest BCUT2D eigenvalue weighted by molar-refractivity contribution is 0.316. The summed E-state index contributed by atoms with van der Waals surface area (Å²) in [5, 5.41) is 3.28. The summed E-state index contributed by atoms with van der Waals surface area (Å²) in [6.45, 7) is 7.69. The minimum absolute atomic E-state index is 0.797. The maximum absolute atomic E-state index is 5.77. The van der Waals surface area contributed by atoms with E-state index in [2.05, 4.69) is 47.4 Å². The smallest absolute Gasteiger partial charge is 0.118 e. The maximum atomic E-state index is 5.77. The number of furan rings is 1. The van der Waals surface area contributed by atoms with Gasteiger partial charge < -0.3 is 9.73 Å². The van der Waals surface area contributed by atoms with Gasteiger partial charge in [-0.05, 0) is 44.3 Å². The van der Waals surface area contributed by atoms with Gasteiger partial charge in [-0.1, -0.05) is 6.92 Å². The number of rotatable bonds is 7. The molecule has 0 aliphatic carbocycles. The fourth-order valence-corrected chi connectivity index (χ4v) is 2.23. The number of nitrogens with one attached hydrogen (secondary N) is 1.